The van der Waals surface area contributed by atoms with Gasteiger partial charge in [-0.05, 0) is 38.3 Å². The van der Waals surface area contributed by atoms with Gasteiger partial charge in [0.05, 0.1) is 0 Å². The molecule has 0 aromatic rings. The molecule has 0 atom stereocenters. The van der Waals surface area contributed by atoms with Gasteiger partial charge in [0.1, 0.15) is 0 Å². The topological polar surface area (TPSA) is 12.0 Å². The van der Waals surface area contributed by atoms with Gasteiger partial charge in [0.2, 0.25) is 0 Å². The van der Waals surface area contributed by atoms with Gasteiger partial charge in [0.25, 0.3) is 0 Å². The highest BCUT2D eigenvalue weighted by Crippen LogP contribution is 2.12. The first-order chi connectivity index (χ1) is 4.93. The van der Waals surface area contributed by atoms with Crippen molar-refractivity contribution >= 4 is 0 Å². The van der Waals surface area contributed by atoms with E-state index in [0.29, 0.717) is 0 Å². The molecule has 0 aromatic heterocycles. The van der Waals surface area contributed by atoms with Gasteiger partial charge < -0.3 is 5.32 Å². The Morgan fingerprint density at radius 3 is 2.70 bits per heavy atom. The molecule has 0 saturated carbocycles. The lowest BCUT2D eigenvalue weighted by molar-refractivity contribution is 0.436. The predicted octanol–water partition coefficient (Wildman–Crippen LogP) is 1.95. The largest absolute Gasteiger partial charge is 0.317 e. The summed E-state index contributed by atoms with van der Waals surface area (Å²) in [6, 6.07) is 0. The molecule has 1 nitrogen and oxygen atoms in total. The van der Waals surface area contributed by atoms with Crippen molar-refractivity contribution in [1.29, 1.82) is 0 Å². The van der Waals surface area contributed by atoms with Crippen LogP contribution in [0.15, 0.2) is 12.2 Å². The van der Waals surface area contributed by atoms with Gasteiger partial charge in [0.15, 0.2) is 0 Å². The minimum Gasteiger partial charge on any atom is -0.317 e. The van der Waals surface area contributed by atoms with Gasteiger partial charge in [0, 0.05) is 0 Å². The maximum Gasteiger partial charge on any atom is -0.00433 e. The summed E-state index contributed by atoms with van der Waals surface area (Å²) >= 11 is 0. The molecule has 0 radical (unpaired) electrons. The van der Waals surface area contributed by atoms with Crippen molar-refractivity contribution in [2.24, 2.45) is 5.92 Å². The van der Waals surface area contributed by atoms with Gasteiger partial charge in [-0.2, -0.15) is 0 Å². The van der Waals surface area contributed by atoms with E-state index in [9.17, 15) is 0 Å². The zero-order valence-electron chi connectivity index (χ0n) is 6.77. The smallest absolute Gasteiger partial charge is 0.00433 e. The van der Waals surface area contributed by atoms with Crippen LogP contribution in [0.25, 0.3) is 0 Å². The summed E-state index contributed by atoms with van der Waals surface area (Å²) in [6.45, 7) is 4.61. The maximum absolute atomic E-state index is 3.36. The van der Waals surface area contributed by atoms with Crippen molar-refractivity contribution in [3.63, 3.8) is 0 Å². The predicted molar refractivity (Wildman–Crippen MR) is 45.0 cm³/mol. The normalized spacial score (nSPS) is 22.1. The summed E-state index contributed by atoms with van der Waals surface area (Å²) in [5.41, 5.74) is 0. The molecule has 1 N–H and O–H groups in total. The fraction of sp³-hybridized carbons (Fsp3) is 0.778. The van der Waals surface area contributed by atoms with E-state index in [1.165, 1.54) is 32.4 Å². The van der Waals surface area contributed by atoms with Crippen LogP contribution in [0.5, 0.6) is 0 Å². The summed E-state index contributed by atoms with van der Waals surface area (Å²) in [6.07, 6.45) is 8.51. The lowest BCUT2D eigenvalue weighted by Gasteiger charge is -2.18. The summed E-state index contributed by atoms with van der Waals surface area (Å²) in [7, 11) is 0. The number of hydrogen-bond donors (Lipinski definition) is 1. The Hall–Kier alpha value is -0.300. The van der Waals surface area contributed by atoms with Crippen LogP contribution in [0.2, 0.25) is 0 Å². The molecule has 1 aliphatic rings. The summed E-state index contributed by atoms with van der Waals surface area (Å²) < 4.78 is 0. The number of nitrogens with one attached hydrogen (secondary N) is 1. The average molecular weight is 139 g/mol. The van der Waals surface area contributed by atoms with Gasteiger partial charge in [-0.3, -0.25) is 0 Å². The lowest BCUT2D eigenvalue weighted by Crippen LogP contribution is -2.26. The molecule has 0 spiro atoms. The quantitative estimate of drug-likeness (QED) is 0.577. The third-order valence-electron chi connectivity index (χ3n) is 2.03. The van der Waals surface area contributed by atoms with Crippen LogP contribution in [0.1, 0.15) is 26.2 Å². The molecule has 1 heterocycles. The van der Waals surface area contributed by atoms with Crippen LogP contribution in [0, 0.1) is 5.92 Å². The maximum atomic E-state index is 3.36. The fourth-order valence-corrected chi connectivity index (χ4v) is 1.37. The Morgan fingerprint density at radius 2 is 2.10 bits per heavy atom. The minimum atomic E-state index is 0.862. The van der Waals surface area contributed by atoms with Crippen LogP contribution in [-0.2, 0) is 0 Å². The van der Waals surface area contributed by atoms with E-state index >= 15 is 0 Å². The first-order valence-electron chi connectivity index (χ1n) is 4.31. The summed E-state index contributed by atoms with van der Waals surface area (Å²) in [5.74, 6) is 0.862. The van der Waals surface area contributed by atoms with Crippen molar-refractivity contribution in [2.75, 3.05) is 13.1 Å². The molecule has 0 bridgehead atoms. The van der Waals surface area contributed by atoms with Gasteiger partial charge >= 0.3 is 0 Å². The number of hydrogen-bond acceptors (Lipinski definition) is 1. The molecule has 10 heavy (non-hydrogen) atoms. The standard InChI is InChI=1S/C9H17N/c1-2-3-4-9-5-7-10-8-6-9/h3-4,9-10H,2,5-8H2,1H3/b4-3-. The monoisotopic (exact) mass is 139 g/mol. The van der Waals surface area contributed by atoms with Crippen LogP contribution in [0.3, 0.4) is 0 Å². The van der Waals surface area contributed by atoms with Crippen LogP contribution in [0.4, 0.5) is 0 Å². The molecule has 0 aliphatic carbocycles. The highest BCUT2D eigenvalue weighted by Gasteiger charge is 2.07. The molecule has 1 fully saturated rings. The van der Waals surface area contributed by atoms with E-state index in [-0.39, 0.29) is 0 Å². The van der Waals surface area contributed by atoms with Crippen molar-refractivity contribution in [3.8, 4) is 0 Å². The molecule has 1 rings (SSSR count). The Balaban J connectivity index is 2.19. The van der Waals surface area contributed by atoms with Gasteiger partial charge in [-0.1, -0.05) is 19.1 Å². The van der Waals surface area contributed by atoms with Gasteiger partial charge in [-0.25, -0.2) is 0 Å². The molecule has 58 valence electrons. The van der Waals surface area contributed by atoms with E-state index in [4.69, 9.17) is 0 Å². The zero-order valence-corrected chi connectivity index (χ0v) is 6.77. The Morgan fingerprint density at radius 1 is 1.40 bits per heavy atom. The van der Waals surface area contributed by atoms with Crippen LogP contribution >= 0.6 is 0 Å². The van der Waals surface area contributed by atoms with E-state index < -0.39 is 0 Å². The van der Waals surface area contributed by atoms with E-state index in [0.717, 1.165) is 5.92 Å². The number of rotatable bonds is 2. The van der Waals surface area contributed by atoms with Gasteiger partial charge in [-0.15, -0.1) is 0 Å². The second kappa shape index (κ2) is 4.51. The number of allylic oxidation sites excluding steroid dienone is 2. The van der Waals surface area contributed by atoms with Crippen molar-refractivity contribution in [1.82, 2.24) is 5.32 Å². The molecular weight excluding hydrogens is 122 g/mol. The van der Waals surface area contributed by atoms with Crippen LogP contribution in [-0.4, -0.2) is 13.1 Å². The Bertz CT molecular complexity index is 101. The van der Waals surface area contributed by atoms with E-state index in [1.807, 2.05) is 0 Å². The van der Waals surface area contributed by atoms with Crippen molar-refractivity contribution in [3.05, 3.63) is 12.2 Å². The van der Waals surface area contributed by atoms with Crippen molar-refractivity contribution in [2.45, 2.75) is 26.2 Å². The van der Waals surface area contributed by atoms with Crippen molar-refractivity contribution < 1.29 is 0 Å². The first-order valence-corrected chi connectivity index (χ1v) is 4.31. The second-order valence-corrected chi connectivity index (χ2v) is 2.92. The fourth-order valence-electron chi connectivity index (χ4n) is 1.37. The summed E-state index contributed by atoms with van der Waals surface area (Å²) in [4.78, 5) is 0. The van der Waals surface area contributed by atoms with E-state index in [2.05, 4.69) is 24.4 Å². The molecule has 0 amide bonds. The Labute approximate surface area is 63.5 Å². The van der Waals surface area contributed by atoms with Crippen LogP contribution < -0.4 is 5.32 Å². The Kier molecular flexibility index (Phi) is 3.52. The first kappa shape index (κ1) is 7.80. The summed E-state index contributed by atoms with van der Waals surface area (Å²) in [5, 5.41) is 3.36. The third kappa shape index (κ3) is 2.53. The average Bonchev–Trinajstić information content (AvgIpc) is 2.03. The molecule has 1 saturated heterocycles. The van der Waals surface area contributed by atoms with E-state index in [1.54, 1.807) is 0 Å². The molecule has 1 aliphatic heterocycles. The zero-order chi connectivity index (χ0) is 7.23. The number of piperidine rings is 1. The minimum absolute atomic E-state index is 0.862. The second-order valence-electron chi connectivity index (χ2n) is 2.92. The molecular formula is C9H17N. The highest BCUT2D eigenvalue weighted by atomic mass is 14.9. The molecule has 1 heteroatoms. The SMILES string of the molecule is CC/C=C\C1CCNCC1. The molecule has 0 unspecified atom stereocenters. The molecule has 0 aromatic carbocycles. The third-order valence-corrected chi connectivity index (χ3v) is 2.03. The highest BCUT2D eigenvalue weighted by molar-refractivity contribution is 4.89. The lowest BCUT2D eigenvalue weighted by atomic mass is 9.98.